The summed E-state index contributed by atoms with van der Waals surface area (Å²) in [6.07, 6.45) is 19.3. The van der Waals surface area contributed by atoms with Crippen LogP contribution in [0.15, 0.2) is 0 Å². The third-order valence-electron chi connectivity index (χ3n) is 4.70. The Balaban J connectivity index is 1.79. The minimum absolute atomic E-state index is 0.0807. The van der Waals surface area contributed by atoms with Gasteiger partial charge in [-0.2, -0.15) is 0 Å². The third kappa shape index (κ3) is 10.9. The maximum atomic E-state index is 11.7. The van der Waals surface area contributed by atoms with Crippen LogP contribution in [0.5, 0.6) is 0 Å². The summed E-state index contributed by atoms with van der Waals surface area (Å²) in [7, 11) is 0. The van der Waals surface area contributed by atoms with Gasteiger partial charge in [0.25, 0.3) is 0 Å². The van der Waals surface area contributed by atoms with Crippen LogP contribution in [0, 0.1) is 0 Å². The summed E-state index contributed by atoms with van der Waals surface area (Å²) in [5.41, 5.74) is 0. The Hall–Kier alpha value is -0.730. The summed E-state index contributed by atoms with van der Waals surface area (Å²) in [5.74, 6) is 0. The highest BCUT2D eigenvalue weighted by Crippen LogP contribution is 2.17. The lowest BCUT2D eigenvalue weighted by Crippen LogP contribution is -2.40. The molecule has 129 valence electrons. The fraction of sp³-hybridized carbons (Fsp3) is 0.947. The molecule has 0 spiro atoms. The largest absolute Gasteiger partial charge is 0.336 e. The molecule has 1 rings (SSSR count). The standard InChI is InChI=1S/C19H37N2O/c1-2-3-4-5-6-7-8-9-10-14-17-20-19(22)21-18-15-12-11-13-16-18/h18H,2-17H2,1H3,(H,21,22). The van der Waals surface area contributed by atoms with Crippen LogP contribution in [0.3, 0.4) is 0 Å². The monoisotopic (exact) mass is 309 g/mol. The molecule has 0 heterocycles. The minimum atomic E-state index is -0.0807. The van der Waals surface area contributed by atoms with Crippen molar-refractivity contribution in [1.82, 2.24) is 10.6 Å². The van der Waals surface area contributed by atoms with Crippen molar-refractivity contribution in [3.05, 3.63) is 0 Å². The molecular weight excluding hydrogens is 272 g/mol. The molecule has 1 aliphatic carbocycles. The zero-order valence-electron chi connectivity index (χ0n) is 14.7. The van der Waals surface area contributed by atoms with Crippen molar-refractivity contribution in [2.45, 2.75) is 109 Å². The van der Waals surface area contributed by atoms with E-state index in [2.05, 4.69) is 17.6 Å². The first-order chi connectivity index (χ1) is 10.8. The Morgan fingerprint density at radius 2 is 1.41 bits per heavy atom. The SMILES string of the molecule is CCCCCCCCCCCC[N]C(=O)NC1CCCCC1. The van der Waals surface area contributed by atoms with E-state index in [0.29, 0.717) is 12.6 Å². The lowest BCUT2D eigenvalue weighted by atomic mass is 9.96. The minimum Gasteiger partial charge on any atom is -0.334 e. The Morgan fingerprint density at radius 1 is 0.864 bits per heavy atom. The van der Waals surface area contributed by atoms with E-state index in [9.17, 15) is 4.79 Å². The van der Waals surface area contributed by atoms with Crippen LogP contribution in [-0.4, -0.2) is 18.6 Å². The number of unbranched alkanes of at least 4 members (excludes halogenated alkanes) is 9. The van der Waals surface area contributed by atoms with Gasteiger partial charge in [0.05, 0.1) is 0 Å². The highest BCUT2D eigenvalue weighted by atomic mass is 16.2. The normalized spacial score (nSPS) is 15.7. The molecule has 0 aromatic heterocycles. The molecule has 1 radical (unpaired) electrons. The van der Waals surface area contributed by atoms with Crippen molar-refractivity contribution in [1.29, 1.82) is 0 Å². The van der Waals surface area contributed by atoms with Crippen molar-refractivity contribution in [2.75, 3.05) is 6.54 Å². The molecule has 0 atom stereocenters. The number of carbonyl (C=O) groups excluding carboxylic acids is 1. The molecule has 22 heavy (non-hydrogen) atoms. The quantitative estimate of drug-likeness (QED) is 0.472. The Bertz CT molecular complexity index is 262. The summed E-state index contributed by atoms with van der Waals surface area (Å²) >= 11 is 0. The predicted octanol–water partition coefficient (Wildman–Crippen LogP) is 5.55. The molecule has 0 bridgehead atoms. The van der Waals surface area contributed by atoms with Crippen molar-refractivity contribution >= 4 is 6.03 Å². The van der Waals surface area contributed by atoms with E-state index >= 15 is 0 Å². The van der Waals surface area contributed by atoms with E-state index in [4.69, 9.17) is 0 Å². The summed E-state index contributed by atoms with van der Waals surface area (Å²) in [4.78, 5) is 11.7. The Kier molecular flexibility index (Phi) is 12.2. The molecule has 3 nitrogen and oxygen atoms in total. The van der Waals surface area contributed by atoms with Crippen molar-refractivity contribution < 1.29 is 4.79 Å². The molecule has 0 aliphatic heterocycles. The molecule has 2 amide bonds. The molecule has 0 unspecified atom stereocenters. The molecule has 0 aromatic carbocycles. The Labute approximate surface area is 138 Å². The first kappa shape index (κ1) is 19.3. The summed E-state index contributed by atoms with van der Waals surface area (Å²) in [6.45, 7) is 2.97. The van der Waals surface area contributed by atoms with Gasteiger partial charge in [-0.1, -0.05) is 84.0 Å². The van der Waals surface area contributed by atoms with Gasteiger partial charge in [0, 0.05) is 12.6 Å². The van der Waals surface area contributed by atoms with Crippen LogP contribution in [0.25, 0.3) is 0 Å². The third-order valence-corrected chi connectivity index (χ3v) is 4.70. The van der Waals surface area contributed by atoms with Gasteiger partial charge in [-0.3, -0.25) is 0 Å². The number of hydrogen-bond donors (Lipinski definition) is 1. The van der Waals surface area contributed by atoms with Gasteiger partial charge in [0.1, 0.15) is 0 Å². The summed E-state index contributed by atoms with van der Waals surface area (Å²) < 4.78 is 0. The van der Waals surface area contributed by atoms with E-state index in [1.807, 2.05) is 0 Å². The second-order valence-electron chi connectivity index (χ2n) is 6.85. The second kappa shape index (κ2) is 13.9. The Morgan fingerprint density at radius 3 is 2.00 bits per heavy atom. The van der Waals surface area contributed by atoms with Gasteiger partial charge in [0.2, 0.25) is 0 Å². The van der Waals surface area contributed by atoms with Gasteiger partial charge in [-0.05, 0) is 19.3 Å². The van der Waals surface area contributed by atoms with E-state index in [0.717, 1.165) is 19.3 Å². The number of amides is 2. The van der Waals surface area contributed by atoms with E-state index in [-0.39, 0.29) is 6.03 Å². The first-order valence-corrected chi connectivity index (χ1v) is 9.81. The molecular formula is C19H37N2O. The average Bonchev–Trinajstić information content (AvgIpc) is 2.53. The fourth-order valence-electron chi connectivity index (χ4n) is 3.25. The van der Waals surface area contributed by atoms with Crippen LogP contribution < -0.4 is 10.6 Å². The van der Waals surface area contributed by atoms with Crippen LogP contribution >= 0.6 is 0 Å². The van der Waals surface area contributed by atoms with Crippen LogP contribution in [0.4, 0.5) is 4.79 Å². The molecule has 1 fully saturated rings. The molecule has 1 saturated carbocycles. The van der Waals surface area contributed by atoms with Gasteiger partial charge < -0.3 is 5.32 Å². The molecule has 0 saturated heterocycles. The molecule has 1 aliphatic rings. The number of nitrogens with zero attached hydrogens (tertiary/aromatic N) is 1. The lowest BCUT2D eigenvalue weighted by Gasteiger charge is -2.22. The smallest absolute Gasteiger partial charge is 0.334 e. The molecule has 3 heteroatoms. The maximum Gasteiger partial charge on any atom is 0.336 e. The number of carbonyl (C=O) groups is 1. The zero-order valence-corrected chi connectivity index (χ0v) is 14.7. The highest BCUT2D eigenvalue weighted by molar-refractivity contribution is 5.73. The lowest BCUT2D eigenvalue weighted by molar-refractivity contribution is 0.231. The van der Waals surface area contributed by atoms with E-state index in [1.165, 1.54) is 77.0 Å². The summed E-state index contributed by atoms with van der Waals surface area (Å²) in [5, 5.41) is 7.18. The van der Waals surface area contributed by atoms with Gasteiger partial charge in [0.15, 0.2) is 0 Å². The maximum absolute atomic E-state index is 11.7. The van der Waals surface area contributed by atoms with Gasteiger partial charge in [-0.25, -0.2) is 10.1 Å². The highest BCUT2D eigenvalue weighted by Gasteiger charge is 2.15. The second-order valence-corrected chi connectivity index (χ2v) is 6.85. The zero-order chi connectivity index (χ0) is 15.9. The number of rotatable bonds is 12. The number of hydrogen-bond acceptors (Lipinski definition) is 1. The number of nitrogens with one attached hydrogen (secondary N) is 1. The molecule has 1 N–H and O–H groups in total. The van der Waals surface area contributed by atoms with Crippen LogP contribution in [0.2, 0.25) is 0 Å². The van der Waals surface area contributed by atoms with E-state index in [1.54, 1.807) is 0 Å². The topological polar surface area (TPSA) is 43.2 Å². The number of urea groups is 1. The van der Waals surface area contributed by atoms with Crippen LogP contribution in [0.1, 0.15) is 103 Å². The van der Waals surface area contributed by atoms with Crippen molar-refractivity contribution in [2.24, 2.45) is 0 Å². The summed E-state index contributed by atoms with van der Waals surface area (Å²) in [6, 6.07) is 0.306. The predicted molar refractivity (Wildman–Crippen MR) is 94.2 cm³/mol. The van der Waals surface area contributed by atoms with E-state index < -0.39 is 0 Å². The van der Waals surface area contributed by atoms with Crippen molar-refractivity contribution in [3.8, 4) is 0 Å². The van der Waals surface area contributed by atoms with Crippen LogP contribution in [-0.2, 0) is 0 Å². The van der Waals surface area contributed by atoms with Gasteiger partial charge in [-0.15, -0.1) is 0 Å². The van der Waals surface area contributed by atoms with Crippen molar-refractivity contribution in [3.63, 3.8) is 0 Å². The molecule has 0 aromatic rings. The van der Waals surface area contributed by atoms with Gasteiger partial charge >= 0.3 is 6.03 Å². The first-order valence-electron chi connectivity index (χ1n) is 9.81. The fourth-order valence-corrected chi connectivity index (χ4v) is 3.25. The average molecular weight is 310 g/mol.